The topological polar surface area (TPSA) is 46.9 Å². The highest BCUT2D eigenvalue weighted by atomic mass is 16.2. The van der Waals surface area contributed by atoms with Gasteiger partial charge in [-0.05, 0) is 11.5 Å². The number of amides is 1. The van der Waals surface area contributed by atoms with Gasteiger partial charge in [0.1, 0.15) is 6.33 Å². The van der Waals surface area contributed by atoms with E-state index in [-0.39, 0.29) is 12.1 Å². The number of aromatic nitrogens is 2. The van der Waals surface area contributed by atoms with E-state index in [9.17, 15) is 4.79 Å². The third-order valence-corrected chi connectivity index (χ3v) is 3.70. The molecule has 1 amide bonds. The van der Waals surface area contributed by atoms with Crippen LogP contribution in [0, 0.1) is 5.92 Å². The van der Waals surface area contributed by atoms with E-state index < -0.39 is 0 Å². The van der Waals surface area contributed by atoms with Crippen LogP contribution in [0.2, 0.25) is 0 Å². The molecule has 20 heavy (non-hydrogen) atoms. The summed E-state index contributed by atoms with van der Waals surface area (Å²) in [6.07, 6.45) is 6.84. The number of rotatable bonds is 5. The lowest BCUT2D eigenvalue weighted by molar-refractivity contribution is 0.231. The molecule has 0 spiro atoms. The summed E-state index contributed by atoms with van der Waals surface area (Å²) in [4.78, 5) is 16.1. The maximum absolute atomic E-state index is 12.2. The van der Waals surface area contributed by atoms with Gasteiger partial charge < -0.3 is 5.32 Å². The Labute approximate surface area is 119 Å². The smallest absolute Gasteiger partial charge is 0.327 e. The summed E-state index contributed by atoms with van der Waals surface area (Å²) in [5.74, 6) is 0.421. The predicted octanol–water partition coefficient (Wildman–Crippen LogP) is 3.62. The number of benzene rings is 1. The summed E-state index contributed by atoms with van der Waals surface area (Å²) >= 11 is 0. The van der Waals surface area contributed by atoms with E-state index in [1.807, 2.05) is 18.2 Å². The van der Waals surface area contributed by atoms with Crippen LogP contribution in [-0.2, 0) is 0 Å². The minimum Gasteiger partial charge on any atom is -0.330 e. The Balaban J connectivity index is 2.21. The van der Waals surface area contributed by atoms with E-state index in [1.54, 1.807) is 12.4 Å². The van der Waals surface area contributed by atoms with Crippen LogP contribution in [0.25, 0.3) is 0 Å². The van der Waals surface area contributed by atoms with Crippen molar-refractivity contribution in [1.82, 2.24) is 14.9 Å². The Kier molecular flexibility index (Phi) is 4.93. The van der Waals surface area contributed by atoms with Crippen molar-refractivity contribution < 1.29 is 4.79 Å². The van der Waals surface area contributed by atoms with Crippen molar-refractivity contribution in [3.05, 3.63) is 54.6 Å². The summed E-state index contributed by atoms with van der Waals surface area (Å²) in [6.45, 7) is 4.32. The molecule has 4 nitrogen and oxygen atoms in total. The molecule has 0 saturated carbocycles. The minimum absolute atomic E-state index is 0.0288. The highest BCUT2D eigenvalue weighted by Gasteiger charge is 2.22. The van der Waals surface area contributed by atoms with Gasteiger partial charge in [-0.2, -0.15) is 0 Å². The third kappa shape index (κ3) is 3.26. The molecule has 0 radical (unpaired) electrons. The van der Waals surface area contributed by atoms with Crippen LogP contribution in [-0.4, -0.2) is 15.6 Å². The lowest BCUT2D eigenvalue weighted by Crippen LogP contribution is -2.35. The zero-order chi connectivity index (χ0) is 14.4. The highest BCUT2D eigenvalue weighted by molar-refractivity contribution is 5.76. The van der Waals surface area contributed by atoms with Crippen LogP contribution in [0.3, 0.4) is 0 Å². The van der Waals surface area contributed by atoms with Crippen molar-refractivity contribution in [2.75, 3.05) is 0 Å². The molecule has 0 aliphatic rings. The van der Waals surface area contributed by atoms with Crippen molar-refractivity contribution in [3.8, 4) is 0 Å². The zero-order valence-corrected chi connectivity index (χ0v) is 12.0. The van der Waals surface area contributed by atoms with E-state index in [4.69, 9.17) is 0 Å². The molecule has 0 fully saturated rings. The monoisotopic (exact) mass is 271 g/mol. The van der Waals surface area contributed by atoms with Crippen LogP contribution in [0.5, 0.6) is 0 Å². The largest absolute Gasteiger partial charge is 0.330 e. The van der Waals surface area contributed by atoms with Gasteiger partial charge in [-0.1, -0.05) is 57.0 Å². The van der Waals surface area contributed by atoms with Gasteiger partial charge in [0.25, 0.3) is 0 Å². The Morgan fingerprint density at radius 3 is 2.50 bits per heavy atom. The SMILES string of the molecule is CCC(CC)C(NC(=O)n1ccnc1)c1ccccc1. The molecule has 1 aromatic heterocycles. The van der Waals surface area contributed by atoms with E-state index >= 15 is 0 Å². The van der Waals surface area contributed by atoms with E-state index in [1.165, 1.54) is 10.9 Å². The molecule has 4 heteroatoms. The fraction of sp³-hybridized carbons (Fsp3) is 0.375. The average molecular weight is 271 g/mol. The van der Waals surface area contributed by atoms with Crippen LogP contribution >= 0.6 is 0 Å². The number of nitrogens with zero attached hydrogens (tertiary/aromatic N) is 2. The number of hydrogen-bond acceptors (Lipinski definition) is 2. The van der Waals surface area contributed by atoms with Crippen LogP contribution in [0.1, 0.15) is 38.3 Å². The molecular weight excluding hydrogens is 250 g/mol. The standard InChI is InChI=1S/C16H21N3O/c1-3-13(4-2)15(14-8-6-5-7-9-14)18-16(20)19-11-10-17-12-19/h5-13,15H,3-4H2,1-2H3,(H,18,20). The molecule has 0 bridgehead atoms. The van der Waals surface area contributed by atoms with Gasteiger partial charge in [-0.15, -0.1) is 0 Å². The van der Waals surface area contributed by atoms with Gasteiger partial charge in [0, 0.05) is 12.4 Å². The van der Waals surface area contributed by atoms with E-state index in [0.717, 1.165) is 18.4 Å². The summed E-state index contributed by atoms with van der Waals surface area (Å²) in [5, 5.41) is 3.12. The number of hydrogen-bond donors (Lipinski definition) is 1. The molecule has 2 aromatic rings. The quantitative estimate of drug-likeness (QED) is 0.902. The van der Waals surface area contributed by atoms with E-state index in [2.05, 4.69) is 36.3 Å². The Bertz CT molecular complexity index is 518. The fourth-order valence-electron chi connectivity index (χ4n) is 2.48. The van der Waals surface area contributed by atoms with Gasteiger partial charge in [0.15, 0.2) is 0 Å². The van der Waals surface area contributed by atoms with Crippen molar-refractivity contribution in [2.24, 2.45) is 5.92 Å². The predicted molar refractivity (Wildman–Crippen MR) is 79.4 cm³/mol. The molecule has 0 saturated heterocycles. The van der Waals surface area contributed by atoms with Crippen molar-refractivity contribution in [3.63, 3.8) is 0 Å². The first-order valence-electron chi connectivity index (χ1n) is 7.10. The zero-order valence-electron chi connectivity index (χ0n) is 12.0. The fourth-order valence-corrected chi connectivity index (χ4v) is 2.48. The Hall–Kier alpha value is -2.10. The van der Waals surface area contributed by atoms with Crippen LogP contribution in [0.4, 0.5) is 4.79 Å². The number of carbonyl (C=O) groups excluding carboxylic acids is 1. The average Bonchev–Trinajstić information content (AvgIpc) is 3.02. The molecule has 1 atom stereocenters. The molecule has 0 aliphatic heterocycles. The number of nitrogens with one attached hydrogen (secondary N) is 1. The Morgan fingerprint density at radius 1 is 1.25 bits per heavy atom. The maximum Gasteiger partial charge on any atom is 0.327 e. The molecule has 0 aliphatic carbocycles. The molecule has 1 N–H and O–H groups in total. The van der Waals surface area contributed by atoms with Gasteiger partial charge in [0.2, 0.25) is 0 Å². The molecule has 2 rings (SSSR count). The Morgan fingerprint density at radius 2 is 1.95 bits per heavy atom. The summed E-state index contributed by atoms with van der Waals surface area (Å²) < 4.78 is 1.47. The van der Waals surface area contributed by atoms with Crippen molar-refractivity contribution >= 4 is 6.03 Å². The second kappa shape index (κ2) is 6.89. The van der Waals surface area contributed by atoms with E-state index in [0.29, 0.717) is 5.92 Å². The van der Waals surface area contributed by atoms with Gasteiger partial charge in [-0.3, -0.25) is 4.57 Å². The van der Waals surface area contributed by atoms with Gasteiger partial charge in [-0.25, -0.2) is 9.78 Å². The second-order valence-corrected chi connectivity index (χ2v) is 4.88. The molecule has 1 unspecified atom stereocenters. The first-order chi connectivity index (χ1) is 9.76. The van der Waals surface area contributed by atoms with Crippen LogP contribution in [0.15, 0.2) is 49.1 Å². The maximum atomic E-state index is 12.2. The highest BCUT2D eigenvalue weighted by Crippen LogP contribution is 2.27. The first kappa shape index (κ1) is 14.3. The summed E-state index contributed by atoms with van der Waals surface area (Å²) in [5.41, 5.74) is 1.15. The van der Waals surface area contributed by atoms with Gasteiger partial charge >= 0.3 is 6.03 Å². The normalized spacial score (nSPS) is 12.3. The molecule has 106 valence electrons. The van der Waals surface area contributed by atoms with Crippen molar-refractivity contribution in [1.29, 1.82) is 0 Å². The number of carbonyl (C=O) groups is 1. The lowest BCUT2D eigenvalue weighted by atomic mass is 9.89. The second-order valence-electron chi connectivity index (χ2n) is 4.88. The molecular formula is C16H21N3O. The minimum atomic E-state index is -0.136. The van der Waals surface area contributed by atoms with Gasteiger partial charge in [0.05, 0.1) is 6.04 Å². The molecule has 1 aromatic carbocycles. The van der Waals surface area contributed by atoms with Crippen LogP contribution < -0.4 is 5.32 Å². The third-order valence-electron chi connectivity index (χ3n) is 3.70. The lowest BCUT2D eigenvalue weighted by Gasteiger charge is -2.26. The summed E-state index contributed by atoms with van der Waals surface area (Å²) in [6, 6.07) is 10.0. The van der Waals surface area contributed by atoms with Crippen molar-refractivity contribution in [2.45, 2.75) is 32.7 Å². The first-order valence-corrected chi connectivity index (χ1v) is 7.10. The summed E-state index contributed by atoms with van der Waals surface area (Å²) in [7, 11) is 0. The molecule has 1 heterocycles. The number of imidazole rings is 1.